The first-order valence-corrected chi connectivity index (χ1v) is 6.31. The average molecular weight is 247 g/mol. The summed E-state index contributed by atoms with van der Waals surface area (Å²) in [6.07, 6.45) is 9.35. The van der Waals surface area contributed by atoms with E-state index in [2.05, 4.69) is 40.9 Å². The molecule has 0 N–H and O–H groups in total. The molecule has 98 valence electrons. The van der Waals surface area contributed by atoms with E-state index in [0.29, 0.717) is 11.4 Å². The Morgan fingerprint density at radius 3 is 2.67 bits per heavy atom. The van der Waals surface area contributed by atoms with Crippen molar-refractivity contribution in [1.82, 2.24) is 14.9 Å². The monoisotopic (exact) mass is 247 g/mol. The lowest BCUT2D eigenvalue weighted by atomic mass is 9.89. The molecule has 1 aliphatic heterocycles. The van der Waals surface area contributed by atoms with E-state index >= 15 is 0 Å². The van der Waals surface area contributed by atoms with Crippen LogP contribution in [0.15, 0.2) is 24.5 Å². The van der Waals surface area contributed by atoms with Crippen molar-refractivity contribution in [2.45, 2.75) is 26.8 Å². The summed E-state index contributed by atoms with van der Waals surface area (Å²) in [6.45, 7) is 7.58. The first-order valence-electron chi connectivity index (χ1n) is 6.31. The third kappa shape index (κ3) is 3.53. The van der Waals surface area contributed by atoms with Gasteiger partial charge in [0.15, 0.2) is 0 Å². The van der Waals surface area contributed by atoms with Gasteiger partial charge in [0.1, 0.15) is 0 Å². The van der Waals surface area contributed by atoms with E-state index in [-0.39, 0.29) is 0 Å². The van der Waals surface area contributed by atoms with E-state index < -0.39 is 0 Å². The van der Waals surface area contributed by atoms with E-state index in [1.54, 1.807) is 7.11 Å². The molecule has 0 radical (unpaired) electrons. The van der Waals surface area contributed by atoms with E-state index in [1.165, 1.54) is 0 Å². The van der Waals surface area contributed by atoms with Crippen molar-refractivity contribution in [3.63, 3.8) is 0 Å². The van der Waals surface area contributed by atoms with Gasteiger partial charge in [0, 0.05) is 37.6 Å². The molecule has 1 aliphatic rings. The summed E-state index contributed by atoms with van der Waals surface area (Å²) >= 11 is 0. The van der Waals surface area contributed by atoms with Crippen molar-refractivity contribution < 1.29 is 4.74 Å². The van der Waals surface area contributed by atoms with E-state index in [9.17, 15) is 0 Å². The van der Waals surface area contributed by atoms with Crippen LogP contribution in [0, 0.1) is 5.41 Å². The third-order valence-corrected chi connectivity index (χ3v) is 3.12. The van der Waals surface area contributed by atoms with E-state index in [0.717, 1.165) is 31.6 Å². The van der Waals surface area contributed by atoms with Crippen molar-refractivity contribution in [3.05, 3.63) is 30.1 Å². The minimum Gasteiger partial charge on any atom is -0.467 e. The maximum atomic E-state index is 4.97. The number of methoxy groups -OCH3 is 1. The molecule has 4 heteroatoms. The predicted molar refractivity (Wildman–Crippen MR) is 71.4 cm³/mol. The Labute approximate surface area is 109 Å². The van der Waals surface area contributed by atoms with Gasteiger partial charge in [0.25, 0.3) is 0 Å². The molecule has 0 saturated carbocycles. The summed E-state index contributed by atoms with van der Waals surface area (Å²) in [5.41, 5.74) is 1.46. The van der Waals surface area contributed by atoms with Crippen LogP contribution in [0.5, 0.6) is 6.01 Å². The molecule has 0 aromatic carbocycles. The number of nitrogens with zero attached hydrogens (tertiary/aromatic N) is 3. The Morgan fingerprint density at radius 1 is 1.28 bits per heavy atom. The zero-order valence-electron chi connectivity index (χ0n) is 11.4. The zero-order valence-corrected chi connectivity index (χ0v) is 11.4. The molecule has 2 rings (SSSR count). The Morgan fingerprint density at radius 2 is 2.00 bits per heavy atom. The average Bonchev–Trinajstić information content (AvgIpc) is 2.51. The van der Waals surface area contributed by atoms with Crippen LogP contribution in [0.2, 0.25) is 0 Å². The Bertz CT molecular complexity index is 412. The SMILES string of the molecule is COc1ncc(CN2CC=CCC(C)(C)C2)cn1. The van der Waals surface area contributed by atoms with Gasteiger partial charge in [0.2, 0.25) is 0 Å². The molecule has 0 atom stereocenters. The minimum atomic E-state index is 0.334. The summed E-state index contributed by atoms with van der Waals surface area (Å²) in [5.74, 6) is 0. The Hall–Kier alpha value is -1.42. The number of ether oxygens (including phenoxy) is 1. The second-order valence-electron chi connectivity index (χ2n) is 5.59. The van der Waals surface area contributed by atoms with Crippen molar-refractivity contribution in [3.8, 4) is 6.01 Å². The highest BCUT2D eigenvalue weighted by molar-refractivity contribution is 5.08. The quantitative estimate of drug-likeness (QED) is 0.768. The van der Waals surface area contributed by atoms with Crippen molar-refractivity contribution in [1.29, 1.82) is 0 Å². The van der Waals surface area contributed by atoms with Crippen LogP contribution in [-0.2, 0) is 6.54 Å². The van der Waals surface area contributed by atoms with E-state index in [4.69, 9.17) is 4.74 Å². The number of hydrogen-bond acceptors (Lipinski definition) is 4. The Kier molecular flexibility index (Phi) is 3.97. The van der Waals surface area contributed by atoms with Gasteiger partial charge in [-0.2, -0.15) is 0 Å². The lowest BCUT2D eigenvalue weighted by Gasteiger charge is -2.29. The standard InChI is InChI=1S/C14H21N3O/c1-14(2)6-4-5-7-17(11-14)10-12-8-15-13(18-3)16-9-12/h4-5,8-9H,6-7,10-11H2,1-3H3. The molecule has 0 saturated heterocycles. The number of aromatic nitrogens is 2. The van der Waals surface area contributed by atoms with Gasteiger partial charge in [-0.3, -0.25) is 4.90 Å². The smallest absolute Gasteiger partial charge is 0.316 e. The first kappa shape index (κ1) is 13.0. The highest BCUT2D eigenvalue weighted by Crippen LogP contribution is 2.25. The highest BCUT2D eigenvalue weighted by atomic mass is 16.5. The molecule has 0 spiro atoms. The van der Waals surface area contributed by atoms with Crippen LogP contribution in [0.3, 0.4) is 0 Å². The fraction of sp³-hybridized carbons (Fsp3) is 0.571. The summed E-state index contributed by atoms with van der Waals surface area (Å²) in [7, 11) is 1.58. The summed E-state index contributed by atoms with van der Waals surface area (Å²) in [5, 5.41) is 0. The second-order valence-corrected chi connectivity index (χ2v) is 5.59. The molecule has 0 bridgehead atoms. The van der Waals surface area contributed by atoms with E-state index in [1.807, 2.05) is 12.4 Å². The molecule has 0 amide bonds. The van der Waals surface area contributed by atoms with Gasteiger partial charge in [-0.1, -0.05) is 26.0 Å². The third-order valence-electron chi connectivity index (χ3n) is 3.12. The number of allylic oxidation sites excluding steroid dienone is 1. The fourth-order valence-corrected chi connectivity index (χ4v) is 2.27. The van der Waals surface area contributed by atoms with Gasteiger partial charge < -0.3 is 4.74 Å². The van der Waals surface area contributed by atoms with Crippen LogP contribution in [0.1, 0.15) is 25.8 Å². The van der Waals surface area contributed by atoms with Gasteiger partial charge >= 0.3 is 6.01 Å². The molecular weight excluding hydrogens is 226 g/mol. The highest BCUT2D eigenvalue weighted by Gasteiger charge is 2.22. The second kappa shape index (κ2) is 5.48. The molecule has 1 aromatic heterocycles. The van der Waals surface area contributed by atoms with Crippen LogP contribution >= 0.6 is 0 Å². The van der Waals surface area contributed by atoms with Gasteiger partial charge in [-0.25, -0.2) is 9.97 Å². The fourth-order valence-electron chi connectivity index (χ4n) is 2.27. The van der Waals surface area contributed by atoms with Crippen molar-refractivity contribution in [2.75, 3.05) is 20.2 Å². The number of rotatable bonds is 3. The van der Waals surface area contributed by atoms with Gasteiger partial charge in [-0.05, 0) is 11.8 Å². The maximum Gasteiger partial charge on any atom is 0.316 e. The minimum absolute atomic E-state index is 0.334. The summed E-state index contributed by atoms with van der Waals surface area (Å²) < 4.78 is 4.97. The lowest BCUT2D eigenvalue weighted by molar-refractivity contribution is 0.195. The summed E-state index contributed by atoms with van der Waals surface area (Å²) in [4.78, 5) is 10.7. The van der Waals surface area contributed by atoms with Gasteiger partial charge in [-0.15, -0.1) is 0 Å². The van der Waals surface area contributed by atoms with Crippen LogP contribution < -0.4 is 4.74 Å². The van der Waals surface area contributed by atoms with Crippen LogP contribution in [0.25, 0.3) is 0 Å². The molecule has 0 unspecified atom stereocenters. The predicted octanol–water partition coefficient (Wildman–Crippen LogP) is 2.27. The van der Waals surface area contributed by atoms with Gasteiger partial charge in [0.05, 0.1) is 7.11 Å². The normalized spacial score (nSPS) is 19.5. The maximum absolute atomic E-state index is 4.97. The largest absolute Gasteiger partial charge is 0.467 e. The summed E-state index contributed by atoms with van der Waals surface area (Å²) in [6, 6.07) is 0.426. The zero-order chi connectivity index (χ0) is 13.0. The Balaban J connectivity index is 2.01. The molecule has 2 heterocycles. The lowest BCUT2D eigenvalue weighted by Crippen LogP contribution is -2.32. The van der Waals surface area contributed by atoms with Crippen molar-refractivity contribution in [2.24, 2.45) is 5.41 Å². The molecule has 18 heavy (non-hydrogen) atoms. The first-order chi connectivity index (χ1) is 8.59. The van der Waals surface area contributed by atoms with Crippen LogP contribution in [0.4, 0.5) is 0 Å². The van der Waals surface area contributed by atoms with Crippen molar-refractivity contribution >= 4 is 0 Å². The molecule has 4 nitrogen and oxygen atoms in total. The number of hydrogen-bond donors (Lipinski definition) is 0. The molecule has 1 aromatic rings. The molecule has 0 fully saturated rings. The topological polar surface area (TPSA) is 38.2 Å². The van der Waals surface area contributed by atoms with Crippen LogP contribution in [-0.4, -0.2) is 35.1 Å². The molecule has 0 aliphatic carbocycles. The molecular formula is C14H21N3O.